The molecule has 1 atom stereocenters. The SMILES string of the molecule is CC1=C(C)C(=O)C(C(C)(C)CC(=O)Nc2ccc3c(c2)Oc2cc(C)ccc2C32OC(=O)c3ccccc32)=C(C)C1=O. The molecule has 6 rings (SSSR count). The molecule has 1 amide bonds. The van der Waals surface area contributed by atoms with Gasteiger partial charge >= 0.3 is 5.97 Å². The van der Waals surface area contributed by atoms with Gasteiger partial charge in [0.2, 0.25) is 5.91 Å². The molecule has 2 aliphatic heterocycles. The zero-order chi connectivity index (χ0) is 30.1. The molecular formula is C35H31NO6. The molecule has 1 unspecified atom stereocenters. The van der Waals surface area contributed by atoms with Crippen LogP contribution in [0.2, 0.25) is 0 Å². The molecule has 212 valence electrons. The van der Waals surface area contributed by atoms with Crippen LogP contribution in [0.15, 0.2) is 83.0 Å². The van der Waals surface area contributed by atoms with Crippen molar-refractivity contribution < 1.29 is 28.7 Å². The van der Waals surface area contributed by atoms with E-state index in [1.54, 1.807) is 58.9 Å². The minimum Gasteiger partial charge on any atom is -0.456 e. The molecule has 3 aromatic carbocycles. The smallest absolute Gasteiger partial charge is 0.340 e. The summed E-state index contributed by atoms with van der Waals surface area (Å²) in [6, 6.07) is 18.4. The Balaban J connectivity index is 1.34. The van der Waals surface area contributed by atoms with E-state index in [2.05, 4.69) is 5.32 Å². The van der Waals surface area contributed by atoms with Crippen molar-refractivity contribution in [2.75, 3.05) is 5.32 Å². The average Bonchev–Trinajstić information content (AvgIpc) is 3.22. The van der Waals surface area contributed by atoms with Gasteiger partial charge in [0.25, 0.3) is 0 Å². The van der Waals surface area contributed by atoms with Crippen molar-refractivity contribution in [3.05, 3.63) is 111 Å². The number of amides is 1. The third-order valence-electron chi connectivity index (χ3n) is 8.62. The molecule has 1 N–H and O–H groups in total. The molecular weight excluding hydrogens is 530 g/mol. The normalized spacial score (nSPS) is 19.3. The summed E-state index contributed by atoms with van der Waals surface area (Å²) >= 11 is 0. The van der Waals surface area contributed by atoms with Crippen LogP contribution in [0.4, 0.5) is 5.69 Å². The molecule has 2 heterocycles. The Labute approximate surface area is 244 Å². The van der Waals surface area contributed by atoms with Crippen molar-refractivity contribution in [2.45, 2.75) is 53.6 Å². The lowest BCUT2D eigenvalue weighted by Gasteiger charge is -2.36. The molecule has 0 bridgehead atoms. The number of hydrogen-bond acceptors (Lipinski definition) is 6. The number of benzene rings is 3. The van der Waals surface area contributed by atoms with E-state index in [1.807, 2.05) is 43.3 Å². The third-order valence-corrected chi connectivity index (χ3v) is 8.62. The topological polar surface area (TPSA) is 98.8 Å². The molecule has 0 aromatic heterocycles. The van der Waals surface area contributed by atoms with Gasteiger partial charge in [-0.25, -0.2) is 4.79 Å². The van der Waals surface area contributed by atoms with Gasteiger partial charge in [0.1, 0.15) is 11.5 Å². The van der Waals surface area contributed by atoms with Crippen LogP contribution >= 0.6 is 0 Å². The van der Waals surface area contributed by atoms with E-state index in [0.717, 1.165) is 16.7 Å². The predicted octanol–water partition coefficient (Wildman–Crippen LogP) is 6.72. The quantitative estimate of drug-likeness (QED) is 0.280. The van der Waals surface area contributed by atoms with Gasteiger partial charge in [-0.3, -0.25) is 14.4 Å². The number of allylic oxidation sites excluding steroid dienone is 4. The van der Waals surface area contributed by atoms with Gasteiger partial charge in [-0.2, -0.15) is 0 Å². The number of aryl methyl sites for hydroxylation is 1. The standard InChI is InChI=1S/C35H31NO6/c1-18-11-13-25-27(15-18)41-28-16-22(12-14-26(28)35(25)24-10-8-7-9-23(24)33(40)42-35)36-29(37)17-34(5,6)30-21(4)31(38)19(2)20(3)32(30)39/h7-16H,17H2,1-6H3,(H,36,37). The Bertz CT molecular complexity index is 1820. The van der Waals surface area contributed by atoms with Crippen molar-refractivity contribution >= 4 is 29.1 Å². The first kappa shape index (κ1) is 27.4. The zero-order valence-corrected chi connectivity index (χ0v) is 24.4. The number of ketones is 2. The maximum atomic E-state index is 13.3. The molecule has 0 radical (unpaired) electrons. The van der Waals surface area contributed by atoms with Gasteiger partial charge in [0, 0.05) is 62.6 Å². The number of nitrogens with one attached hydrogen (secondary N) is 1. The molecule has 0 saturated carbocycles. The molecule has 0 saturated heterocycles. The highest BCUT2D eigenvalue weighted by Gasteiger charge is 2.53. The Hall–Kier alpha value is -4.78. The number of anilines is 1. The molecule has 1 spiro atoms. The molecule has 3 aliphatic rings. The van der Waals surface area contributed by atoms with E-state index < -0.39 is 17.0 Å². The Morgan fingerprint density at radius 1 is 0.786 bits per heavy atom. The molecule has 3 aromatic rings. The van der Waals surface area contributed by atoms with E-state index in [4.69, 9.17) is 9.47 Å². The highest BCUT2D eigenvalue weighted by Crippen LogP contribution is 2.56. The minimum absolute atomic E-state index is 0.0140. The van der Waals surface area contributed by atoms with E-state index in [-0.39, 0.29) is 23.9 Å². The number of carbonyl (C=O) groups is 4. The number of hydrogen-bond donors (Lipinski definition) is 1. The second-order valence-corrected chi connectivity index (χ2v) is 11.9. The first-order valence-corrected chi connectivity index (χ1v) is 13.9. The molecule has 1 aliphatic carbocycles. The second-order valence-electron chi connectivity index (χ2n) is 11.9. The number of Topliss-reactive ketones (excluding diaryl/α,β-unsaturated/α-hetero) is 2. The van der Waals surface area contributed by atoms with E-state index in [1.165, 1.54) is 0 Å². The summed E-state index contributed by atoms with van der Waals surface area (Å²) in [5.41, 5.74) is 3.64. The lowest BCUT2D eigenvalue weighted by molar-refractivity contribution is -0.119. The van der Waals surface area contributed by atoms with Gasteiger partial charge < -0.3 is 14.8 Å². The highest BCUT2D eigenvalue weighted by atomic mass is 16.6. The van der Waals surface area contributed by atoms with Crippen molar-refractivity contribution in [3.8, 4) is 11.5 Å². The Kier molecular flexibility index (Phi) is 6.12. The molecule has 0 fully saturated rings. The zero-order valence-electron chi connectivity index (χ0n) is 24.4. The first-order chi connectivity index (χ1) is 19.8. The summed E-state index contributed by atoms with van der Waals surface area (Å²) in [7, 11) is 0. The maximum Gasteiger partial charge on any atom is 0.340 e. The highest BCUT2D eigenvalue weighted by molar-refractivity contribution is 6.25. The van der Waals surface area contributed by atoms with Gasteiger partial charge in [-0.1, -0.05) is 44.2 Å². The lowest BCUT2D eigenvalue weighted by atomic mass is 9.71. The van der Waals surface area contributed by atoms with Gasteiger partial charge in [-0.15, -0.1) is 0 Å². The van der Waals surface area contributed by atoms with Gasteiger partial charge in [0.05, 0.1) is 5.56 Å². The summed E-state index contributed by atoms with van der Waals surface area (Å²) in [6.45, 7) is 10.5. The molecule has 7 nitrogen and oxygen atoms in total. The van der Waals surface area contributed by atoms with Crippen molar-refractivity contribution in [1.82, 2.24) is 0 Å². The minimum atomic E-state index is -1.18. The van der Waals surface area contributed by atoms with Crippen LogP contribution in [-0.4, -0.2) is 23.4 Å². The number of esters is 1. The Morgan fingerprint density at radius 3 is 2.17 bits per heavy atom. The van der Waals surface area contributed by atoms with Crippen LogP contribution < -0.4 is 10.1 Å². The Morgan fingerprint density at radius 2 is 1.43 bits per heavy atom. The van der Waals surface area contributed by atoms with E-state index in [9.17, 15) is 19.2 Å². The van der Waals surface area contributed by atoms with E-state index >= 15 is 0 Å². The van der Waals surface area contributed by atoms with Crippen LogP contribution in [0.25, 0.3) is 0 Å². The summed E-state index contributed by atoms with van der Waals surface area (Å²) in [4.78, 5) is 52.3. The first-order valence-electron chi connectivity index (χ1n) is 13.9. The monoisotopic (exact) mass is 561 g/mol. The van der Waals surface area contributed by atoms with Gasteiger partial charge in [-0.05, 0) is 57.5 Å². The van der Waals surface area contributed by atoms with Crippen LogP contribution in [0.1, 0.15) is 73.7 Å². The third kappa shape index (κ3) is 3.95. The lowest BCUT2D eigenvalue weighted by Crippen LogP contribution is -2.33. The van der Waals surface area contributed by atoms with Gasteiger partial charge in [0.15, 0.2) is 17.2 Å². The summed E-state index contributed by atoms with van der Waals surface area (Å²) < 4.78 is 12.5. The predicted molar refractivity (Wildman–Crippen MR) is 158 cm³/mol. The van der Waals surface area contributed by atoms with Crippen LogP contribution in [0, 0.1) is 12.3 Å². The van der Waals surface area contributed by atoms with Crippen LogP contribution in [0.3, 0.4) is 0 Å². The second kappa shape index (κ2) is 9.38. The average molecular weight is 562 g/mol. The number of ether oxygens (including phenoxy) is 2. The molecule has 42 heavy (non-hydrogen) atoms. The van der Waals surface area contributed by atoms with Crippen molar-refractivity contribution in [2.24, 2.45) is 5.41 Å². The van der Waals surface area contributed by atoms with Crippen LogP contribution in [-0.2, 0) is 24.7 Å². The molecule has 7 heteroatoms. The summed E-state index contributed by atoms with van der Waals surface area (Å²) in [6.07, 6.45) is -0.0140. The largest absolute Gasteiger partial charge is 0.456 e. The number of rotatable bonds is 4. The van der Waals surface area contributed by atoms with Crippen molar-refractivity contribution in [1.29, 1.82) is 0 Å². The van der Waals surface area contributed by atoms with Crippen molar-refractivity contribution in [3.63, 3.8) is 0 Å². The fourth-order valence-corrected chi connectivity index (χ4v) is 6.46. The fraction of sp³-hybridized carbons (Fsp3) is 0.257. The maximum absolute atomic E-state index is 13.3. The fourth-order valence-electron chi connectivity index (χ4n) is 6.46. The number of fused-ring (bicyclic) bond motifs is 6. The van der Waals surface area contributed by atoms with Crippen LogP contribution in [0.5, 0.6) is 11.5 Å². The summed E-state index contributed by atoms with van der Waals surface area (Å²) in [5.74, 6) is -0.0685. The van der Waals surface area contributed by atoms with E-state index in [0.29, 0.717) is 50.6 Å². The number of carbonyl (C=O) groups excluding carboxylic acids is 4. The summed E-state index contributed by atoms with van der Waals surface area (Å²) in [5, 5.41) is 2.93.